The lowest BCUT2D eigenvalue weighted by Gasteiger charge is -2.34. The summed E-state index contributed by atoms with van der Waals surface area (Å²) in [5.41, 5.74) is 1.91. The molecule has 168 valence electrons. The predicted molar refractivity (Wildman–Crippen MR) is 117 cm³/mol. The van der Waals surface area contributed by atoms with E-state index in [1.165, 1.54) is 12.1 Å². The number of carbonyl (C=O) groups excluding carboxylic acids is 3. The molecule has 1 saturated heterocycles. The van der Waals surface area contributed by atoms with Crippen LogP contribution in [0.25, 0.3) is 0 Å². The Balaban J connectivity index is 1.54. The number of imide groups is 1. The second kappa shape index (κ2) is 9.48. The van der Waals surface area contributed by atoms with Crippen molar-refractivity contribution in [3.05, 3.63) is 65.0 Å². The Bertz CT molecular complexity index is 1040. The van der Waals surface area contributed by atoms with Crippen molar-refractivity contribution in [3.63, 3.8) is 0 Å². The van der Waals surface area contributed by atoms with Crippen LogP contribution in [0.4, 0.5) is 10.1 Å². The monoisotopic (exact) mass is 439 g/mol. The van der Waals surface area contributed by atoms with Crippen molar-refractivity contribution in [1.29, 1.82) is 0 Å². The third kappa shape index (κ3) is 4.36. The first kappa shape index (κ1) is 22.0. The van der Waals surface area contributed by atoms with Crippen LogP contribution in [0.3, 0.4) is 0 Å². The van der Waals surface area contributed by atoms with Gasteiger partial charge in [-0.2, -0.15) is 0 Å². The van der Waals surface area contributed by atoms with Gasteiger partial charge in [-0.15, -0.1) is 0 Å². The van der Waals surface area contributed by atoms with Crippen LogP contribution < -0.4 is 10.2 Å². The third-order valence-corrected chi connectivity index (χ3v) is 5.95. The third-order valence-electron chi connectivity index (χ3n) is 5.95. The second-order valence-corrected chi connectivity index (χ2v) is 8.10. The van der Waals surface area contributed by atoms with Crippen LogP contribution in [0.1, 0.15) is 39.1 Å². The number of halogens is 1. The van der Waals surface area contributed by atoms with Crippen molar-refractivity contribution in [2.75, 3.05) is 38.3 Å². The van der Waals surface area contributed by atoms with Gasteiger partial charge in [-0.1, -0.05) is 18.2 Å². The fourth-order valence-electron chi connectivity index (χ4n) is 4.37. The van der Waals surface area contributed by atoms with Gasteiger partial charge in [0.05, 0.1) is 35.9 Å². The van der Waals surface area contributed by atoms with Gasteiger partial charge < -0.3 is 15.0 Å². The molecule has 0 aliphatic carbocycles. The van der Waals surface area contributed by atoms with Crippen LogP contribution in [-0.4, -0.2) is 56.0 Å². The van der Waals surface area contributed by atoms with E-state index >= 15 is 0 Å². The Kier molecular flexibility index (Phi) is 6.50. The molecule has 1 atom stereocenters. The highest BCUT2D eigenvalue weighted by Crippen LogP contribution is 2.34. The molecule has 7 nitrogen and oxygen atoms in total. The number of amides is 3. The highest BCUT2D eigenvalue weighted by atomic mass is 19.1. The number of carbonyl (C=O) groups is 3. The lowest BCUT2D eigenvalue weighted by atomic mass is 9.95. The zero-order valence-electron chi connectivity index (χ0n) is 18.0. The molecule has 2 heterocycles. The molecule has 2 aromatic rings. The van der Waals surface area contributed by atoms with Gasteiger partial charge in [-0.05, 0) is 42.7 Å². The van der Waals surface area contributed by atoms with Gasteiger partial charge in [0.1, 0.15) is 5.82 Å². The van der Waals surface area contributed by atoms with Gasteiger partial charge in [-0.3, -0.25) is 19.3 Å². The van der Waals surface area contributed by atoms with E-state index in [1.807, 2.05) is 11.0 Å². The van der Waals surface area contributed by atoms with Gasteiger partial charge in [0, 0.05) is 26.7 Å². The maximum atomic E-state index is 13.6. The molecule has 0 radical (unpaired) electrons. The van der Waals surface area contributed by atoms with E-state index in [0.29, 0.717) is 48.6 Å². The number of benzene rings is 2. The first-order valence-corrected chi connectivity index (χ1v) is 10.7. The Morgan fingerprint density at radius 1 is 1.19 bits per heavy atom. The summed E-state index contributed by atoms with van der Waals surface area (Å²) in [5, 5.41) is 2.88. The number of hydrogen-bond donors (Lipinski definition) is 1. The largest absolute Gasteiger partial charge is 0.383 e. The highest BCUT2D eigenvalue weighted by molar-refractivity contribution is 6.23. The molecule has 0 spiro atoms. The summed E-state index contributed by atoms with van der Waals surface area (Å²) in [6, 6.07) is 11.1. The number of anilines is 1. The summed E-state index contributed by atoms with van der Waals surface area (Å²) in [6.45, 7) is 2.08. The van der Waals surface area contributed by atoms with Crippen molar-refractivity contribution < 1.29 is 23.5 Å². The Labute approximate surface area is 186 Å². The van der Waals surface area contributed by atoms with Crippen molar-refractivity contribution in [3.8, 4) is 0 Å². The minimum atomic E-state index is -0.414. The summed E-state index contributed by atoms with van der Waals surface area (Å²) in [5.74, 6) is -1.43. The SMILES string of the molecule is COCCNC(=O)C1CCCN(c2cccc3c2C(=O)N(Cc2cccc(F)c2)C3=O)C1. The van der Waals surface area contributed by atoms with E-state index in [4.69, 9.17) is 4.74 Å². The van der Waals surface area contributed by atoms with E-state index < -0.39 is 11.7 Å². The van der Waals surface area contributed by atoms with Crippen LogP contribution in [0.2, 0.25) is 0 Å². The fraction of sp³-hybridized carbons (Fsp3) is 0.375. The normalized spacial score (nSPS) is 18.1. The van der Waals surface area contributed by atoms with Crippen LogP contribution >= 0.6 is 0 Å². The van der Waals surface area contributed by atoms with Gasteiger partial charge in [0.25, 0.3) is 11.8 Å². The smallest absolute Gasteiger partial charge is 0.263 e. The average Bonchev–Trinajstić information content (AvgIpc) is 3.04. The molecule has 1 unspecified atom stereocenters. The molecule has 32 heavy (non-hydrogen) atoms. The molecule has 0 aromatic heterocycles. The molecular formula is C24H26FN3O4. The summed E-state index contributed by atoms with van der Waals surface area (Å²) < 4.78 is 18.6. The Morgan fingerprint density at radius 2 is 2.00 bits per heavy atom. The molecule has 1 fully saturated rings. The number of nitrogens with one attached hydrogen (secondary N) is 1. The highest BCUT2D eigenvalue weighted by Gasteiger charge is 2.39. The van der Waals surface area contributed by atoms with Crippen LogP contribution in [0.15, 0.2) is 42.5 Å². The van der Waals surface area contributed by atoms with Crippen molar-refractivity contribution in [2.24, 2.45) is 5.92 Å². The summed E-state index contributed by atoms with van der Waals surface area (Å²) in [6.07, 6.45) is 1.57. The zero-order chi connectivity index (χ0) is 22.7. The van der Waals surface area contributed by atoms with Crippen molar-refractivity contribution >= 4 is 23.4 Å². The summed E-state index contributed by atoms with van der Waals surface area (Å²) >= 11 is 0. The molecule has 8 heteroatoms. The topological polar surface area (TPSA) is 79.0 Å². The van der Waals surface area contributed by atoms with E-state index in [2.05, 4.69) is 5.32 Å². The van der Waals surface area contributed by atoms with E-state index in [-0.39, 0.29) is 24.3 Å². The predicted octanol–water partition coefficient (Wildman–Crippen LogP) is 2.60. The fourth-order valence-corrected chi connectivity index (χ4v) is 4.37. The van der Waals surface area contributed by atoms with Crippen LogP contribution in [0.5, 0.6) is 0 Å². The van der Waals surface area contributed by atoms with E-state index in [1.54, 1.807) is 31.4 Å². The molecule has 1 N–H and O–H groups in total. The van der Waals surface area contributed by atoms with Gasteiger partial charge in [-0.25, -0.2) is 4.39 Å². The van der Waals surface area contributed by atoms with Gasteiger partial charge in [0.15, 0.2) is 0 Å². The Morgan fingerprint density at radius 3 is 2.78 bits per heavy atom. The second-order valence-electron chi connectivity index (χ2n) is 8.10. The Hall–Kier alpha value is -3.26. The maximum Gasteiger partial charge on any atom is 0.263 e. The minimum Gasteiger partial charge on any atom is -0.383 e. The number of nitrogens with zero attached hydrogens (tertiary/aromatic N) is 2. The summed E-state index contributed by atoms with van der Waals surface area (Å²) in [7, 11) is 1.58. The molecule has 3 amide bonds. The number of methoxy groups -OCH3 is 1. The number of ether oxygens (including phenoxy) is 1. The minimum absolute atomic E-state index is 0.00801. The van der Waals surface area contributed by atoms with Gasteiger partial charge >= 0.3 is 0 Å². The quantitative estimate of drug-likeness (QED) is 0.530. The molecular weight excluding hydrogens is 413 g/mol. The number of hydrogen-bond acceptors (Lipinski definition) is 5. The van der Waals surface area contributed by atoms with Crippen LogP contribution in [0, 0.1) is 11.7 Å². The lowest BCUT2D eigenvalue weighted by Crippen LogP contribution is -2.44. The van der Waals surface area contributed by atoms with Crippen LogP contribution in [-0.2, 0) is 16.1 Å². The standard InChI is InChI=1S/C24H26FN3O4/c1-32-12-10-26-22(29)17-6-4-11-27(15-17)20-9-3-8-19-21(20)24(31)28(23(19)30)14-16-5-2-7-18(25)13-16/h2-3,5,7-9,13,17H,4,6,10-12,14-15H2,1H3,(H,26,29). The first-order chi connectivity index (χ1) is 15.5. The zero-order valence-corrected chi connectivity index (χ0v) is 18.0. The maximum absolute atomic E-state index is 13.6. The lowest BCUT2D eigenvalue weighted by molar-refractivity contribution is -0.125. The average molecular weight is 439 g/mol. The number of piperidine rings is 1. The molecule has 0 saturated carbocycles. The number of rotatable bonds is 7. The van der Waals surface area contributed by atoms with E-state index in [0.717, 1.165) is 17.7 Å². The molecule has 2 aliphatic rings. The molecule has 0 bridgehead atoms. The molecule has 2 aromatic carbocycles. The first-order valence-electron chi connectivity index (χ1n) is 10.7. The van der Waals surface area contributed by atoms with Gasteiger partial charge in [0.2, 0.25) is 5.91 Å². The van der Waals surface area contributed by atoms with Crippen molar-refractivity contribution in [1.82, 2.24) is 10.2 Å². The summed E-state index contributed by atoms with van der Waals surface area (Å²) in [4.78, 5) is 41.9. The van der Waals surface area contributed by atoms with Crippen molar-refractivity contribution in [2.45, 2.75) is 19.4 Å². The molecule has 4 rings (SSSR count). The molecule has 2 aliphatic heterocycles. The van der Waals surface area contributed by atoms with E-state index in [9.17, 15) is 18.8 Å². The number of fused-ring (bicyclic) bond motifs is 1.